The normalized spacial score (nSPS) is 18.7. The summed E-state index contributed by atoms with van der Waals surface area (Å²) in [4.78, 5) is 11.0. The van der Waals surface area contributed by atoms with Gasteiger partial charge in [-0.15, -0.1) is 0 Å². The maximum atomic E-state index is 11.0. The van der Waals surface area contributed by atoms with Crippen LogP contribution in [0, 0.1) is 5.92 Å². The second-order valence-corrected chi connectivity index (χ2v) is 2.84. The highest BCUT2D eigenvalue weighted by Crippen LogP contribution is 2.06. The Morgan fingerprint density at radius 2 is 2.20 bits per heavy atom. The van der Waals surface area contributed by atoms with Crippen LogP contribution in [-0.2, 0) is 9.53 Å². The molecule has 0 aliphatic carbocycles. The second kappa shape index (κ2) is 3.01. The monoisotopic (exact) mass is 143 g/mol. The van der Waals surface area contributed by atoms with Gasteiger partial charge in [0.1, 0.15) is 0 Å². The predicted octanol–water partition coefficient (Wildman–Crippen LogP) is 0.157. The molecule has 0 unspecified atom stereocenters. The number of ether oxygens (including phenoxy) is 1. The molecule has 0 atom stereocenters. The fraction of sp³-hybridized carbons (Fsp3) is 0.857. The van der Waals surface area contributed by atoms with Crippen molar-refractivity contribution < 1.29 is 9.53 Å². The number of carbonyl (C=O) groups excluding carboxylic acids is 1. The summed E-state index contributed by atoms with van der Waals surface area (Å²) in [6.45, 7) is 5.30. The van der Waals surface area contributed by atoms with Crippen LogP contribution < -0.4 is 5.32 Å². The fourth-order valence-electron chi connectivity index (χ4n) is 0.784. The van der Waals surface area contributed by atoms with E-state index in [4.69, 9.17) is 4.74 Å². The van der Waals surface area contributed by atoms with Crippen LogP contribution >= 0.6 is 0 Å². The molecule has 0 radical (unpaired) electrons. The van der Waals surface area contributed by atoms with E-state index in [1.165, 1.54) is 0 Å². The Labute approximate surface area is 60.7 Å². The summed E-state index contributed by atoms with van der Waals surface area (Å²) in [6, 6.07) is 0. The highest BCUT2D eigenvalue weighted by atomic mass is 16.5. The predicted molar refractivity (Wildman–Crippen MR) is 37.6 cm³/mol. The first-order chi connectivity index (χ1) is 4.70. The lowest BCUT2D eigenvalue weighted by molar-refractivity contribution is -0.154. The smallest absolute Gasteiger partial charge is 0.311 e. The lowest BCUT2D eigenvalue weighted by Crippen LogP contribution is -2.47. The van der Waals surface area contributed by atoms with E-state index in [1.54, 1.807) is 0 Å². The lowest BCUT2D eigenvalue weighted by atomic mass is 10.0. The summed E-state index contributed by atoms with van der Waals surface area (Å²) in [5.41, 5.74) is 0. The van der Waals surface area contributed by atoms with Gasteiger partial charge in [0.2, 0.25) is 0 Å². The molecule has 1 aliphatic heterocycles. The molecule has 0 saturated carbocycles. The molecule has 1 heterocycles. The minimum absolute atomic E-state index is 0.0214. The molecule has 0 spiro atoms. The molecular formula is C7H13NO2. The van der Waals surface area contributed by atoms with Crippen LogP contribution in [-0.4, -0.2) is 25.2 Å². The quantitative estimate of drug-likeness (QED) is 0.559. The lowest BCUT2D eigenvalue weighted by Gasteiger charge is -2.25. The van der Waals surface area contributed by atoms with Gasteiger partial charge in [0.15, 0.2) is 0 Å². The average molecular weight is 143 g/mol. The van der Waals surface area contributed by atoms with Crippen molar-refractivity contribution in [3.05, 3.63) is 0 Å². The highest BCUT2D eigenvalue weighted by molar-refractivity contribution is 5.74. The molecule has 0 amide bonds. The molecule has 1 rings (SSSR count). The Morgan fingerprint density at radius 3 is 2.50 bits per heavy atom. The molecule has 1 saturated heterocycles. The van der Waals surface area contributed by atoms with Gasteiger partial charge in [0.05, 0.1) is 12.0 Å². The van der Waals surface area contributed by atoms with Gasteiger partial charge >= 0.3 is 5.97 Å². The van der Waals surface area contributed by atoms with Gasteiger partial charge < -0.3 is 10.1 Å². The number of carbonyl (C=O) groups is 1. The van der Waals surface area contributed by atoms with Crippen LogP contribution in [0.15, 0.2) is 0 Å². The van der Waals surface area contributed by atoms with Crippen molar-refractivity contribution >= 4 is 5.97 Å². The third kappa shape index (κ3) is 1.70. The number of esters is 1. The Kier molecular flexibility index (Phi) is 2.27. The van der Waals surface area contributed by atoms with E-state index in [2.05, 4.69) is 5.32 Å². The van der Waals surface area contributed by atoms with E-state index < -0.39 is 0 Å². The Morgan fingerprint density at radius 1 is 1.60 bits per heavy atom. The SMILES string of the molecule is CC(C)OC(=O)C1CNC1. The summed E-state index contributed by atoms with van der Waals surface area (Å²) in [6.07, 6.45) is 0.0214. The van der Waals surface area contributed by atoms with Crippen LogP contribution in [0.1, 0.15) is 13.8 Å². The van der Waals surface area contributed by atoms with Crippen LogP contribution in [0.2, 0.25) is 0 Å². The zero-order valence-corrected chi connectivity index (χ0v) is 6.39. The summed E-state index contributed by atoms with van der Waals surface area (Å²) in [7, 11) is 0. The van der Waals surface area contributed by atoms with Crippen molar-refractivity contribution in [2.24, 2.45) is 5.92 Å². The van der Waals surface area contributed by atoms with Gasteiger partial charge in [-0.25, -0.2) is 0 Å². The van der Waals surface area contributed by atoms with Crippen LogP contribution in [0.4, 0.5) is 0 Å². The summed E-state index contributed by atoms with van der Waals surface area (Å²) in [5.74, 6) is 0.0520. The minimum atomic E-state index is -0.0613. The molecule has 58 valence electrons. The fourth-order valence-corrected chi connectivity index (χ4v) is 0.784. The highest BCUT2D eigenvalue weighted by Gasteiger charge is 2.26. The number of hydrogen-bond acceptors (Lipinski definition) is 3. The zero-order valence-electron chi connectivity index (χ0n) is 6.39. The Balaban J connectivity index is 2.20. The van der Waals surface area contributed by atoms with Gasteiger partial charge in [0, 0.05) is 13.1 Å². The van der Waals surface area contributed by atoms with Gasteiger partial charge in [-0.05, 0) is 13.8 Å². The standard InChI is InChI=1S/C7H13NO2/c1-5(2)10-7(9)6-3-8-4-6/h5-6,8H,3-4H2,1-2H3. The molecule has 1 aliphatic rings. The van der Waals surface area contributed by atoms with Crippen LogP contribution in [0.3, 0.4) is 0 Å². The summed E-state index contributed by atoms with van der Waals surface area (Å²) in [5, 5.41) is 3.01. The number of hydrogen-bond donors (Lipinski definition) is 1. The van der Waals surface area contributed by atoms with Crippen molar-refractivity contribution in [3.63, 3.8) is 0 Å². The Hall–Kier alpha value is -0.570. The van der Waals surface area contributed by atoms with Gasteiger partial charge in [-0.2, -0.15) is 0 Å². The first-order valence-electron chi connectivity index (χ1n) is 3.61. The molecule has 1 fully saturated rings. The number of rotatable bonds is 2. The summed E-state index contributed by atoms with van der Waals surface area (Å²) >= 11 is 0. The third-order valence-electron chi connectivity index (χ3n) is 1.47. The van der Waals surface area contributed by atoms with Gasteiger partial charge in [-0.3, -0.25) is 4.79 Å². The molecule has 3 heteroatoms. The maximum Gasteiger partial charge on any atom is 0.311 e. The van der Waals surface area contributed by atoms with Crippen LogP contribution in [0.5, 0.6) is 0 Å². The molecule has 0 aromatic heterocycles. The minimum Gasteiger partial charge on any atom is -0.463 e. The van der Waals surface area contributed by atoms with Crippen molar-refractivity contribution in [1.82, 2.24) is 5.32 Å². The molecule has 0 aromatic rings. The van der Waals surface area contributed by atoms with Crippen LogP contribution in [0.25, 0.3) is 0 Å². The average Bonchev–Trinajstić information content (AvgIpc) is 1.55. The van der Waals surface area contributed by atoms with E-state index in [0.717, 1.165) is 13.1 Å². The molecule has 0 aromatic carbocycles. The molecule has 3 nitrogen and oxygen atoms in total. The topological polar surface area (TPSA) is 38.3 Å². The van der Waals surface area contributed by atoms with Gasteiger partial charge in [0.25, 0.3) is 0 Å². The number of nitrogens with one attached hydrogen (secondary N) is 1. The van der Waals surface area contributed by atoms with Gasteiger partial charge in [-0.1, -0.05) is 0 Å². The van der Waals surface area contributed by atoms with Crippen molar-refractivity contribution in [2.45, 2.75) is 20.0 Å². The molecule has 10 heavy (non-hydrogen) atoms. The van der Waals surface area contributed by atoms with Crippen molar-refractivity contribution in [3.8, 4) is 0 Å². The van der Waals surface area contributed by atoms with E-state index in [0.29, 0.717) is 0 Å². The first kappa shape index (κ1) is 7.54. The third-order valence-corrected chi connectivity index (χ3v) is 1.47. The zero-order chi connectivity index (χ0) is 7.56. The maximum absolute atomic E-state index is 11.0. The molecule has 1 N–H and O–H groups in total. The van der Waals surface area contributed by atoms with E-state index in [9.17, 15) is 4.79 Å². The van der Waals surface area contributed by atoms with E-state index in [-0.39, 0.29) is 18.0 Å². The summed E-state index contributed by atoms with van der Waals surface area (Å²) < 4.78 is 4.98. The van der Waals surface area contributed by atoms with E-state index in [1.807, 2.05) is 13.8 Å². The van der Waals surface area contributed by atoms with Crippen molar-refractivity contribution in [1.29, 1.82) is 0 Å². The first-order valence-corrected chi connectivity index (χ1v) is 3.61. The van der Waals surface area contributed by atoms with Crippen molar-refractivity contribution in [2.75, 3.05) is 13.1 Å². The largest absolute Gasteiger partial charge is 0.463 e. The Bertz CT molecular complexity index is 130. The second-order valence-electron chi connectivity index (χ2n) is 2.84. The van der Waals surface area contributed by atoms with E-state index >= 15 is 0 Å². The molecular weight excluding hydrogens is 130 g/mol. The molecule has 0 bridgehead atoms.